The number of fused-ring (bicyclic) bond motifs is 4. The standard InChI is InChI=1S/C27H32N4O4S/c1-5-30(6-2)14-22-28-26-24(18-9-7-8-10-21(18)36-26)27(34)31(22)16(3)25(33)17-11-12-20-19(13-17)29(4)23(32)15-35-20/h11-13,16H,5-10,14-15H2,1-4H3. The van der Waals surface area contributed by atoms with Crippen molar-refractivity contribution in [2.45, 2.75) is 59.0 Å². The summed E-state index contributed by atoms with van der Waals surface area (Å²) in [5, 5.41) is 0.682. The van der Waals surface area contributed by atoms with Crippen LogP contribution in [0.5, 0.6) is 5.75 Å². The number of hydrogen-bond acceptors (Lipinski definition) is 7. The molecule has 36 heavy (non-hydrogen) atoms. The molecule has 0 N–H and O–H groups in total. The van der Waals surface area contributed by atoms with Crippen molar-refractivity contribution in [3.05, 3.63) is 50.4 Å². The van der Waals surface area contributed by atoms with Gasteiger partial charge in [0.25, 0.3) is 11.5 Å². The highest BCUT2D eigenvalue weighted by atomic mass is 32.1. The van der Waals surface area contributed by atoms with Crippen molar-refractivity contribution >= 4 is 38.9 Å². The van der Waals surface area contributed by atoms with E-state index in [0.717, 1.165) is 49.2 Å². The van der Waals surface area contributed by atoms with Crippen molar-refractivity contribution in [1.29, 1.82) is 0 Å². The minimum absolute atomic E-state index is 0.0199. The number of hydrogen-bond donors (Lipinski definition) is 0. The molecule has 9 heteroatoms. The molecule has 0 fully saturated rings. The zero-order chi connectivity index (χ0) is 25.6. The molecular formula is C27H32N4O4S. The van der Waals surface area contributed by atoms with Crippen molar-refractivity contribution in [2.75, 3.05) is 31.6 Å². The molecule has 0 saturated carbocycles. The summed E-state index contributed by atoms with van der Waals surface area (Å²) in [5.41, 5.74) is 1.98. The van der Waals surface area contributed by atoms with E-state index in [4.69, 9.17) is 9.72 Å². The first-order valence-electron chi connectivity index (χ1n) is 12.7. The number of Topliss-reactive ketones (excluding diaryl/α,β-unsaturated/α-hetero) is 1. The molecule has 1 aliphatic carbocycles. The van der Waals surface area contributed by atoms with Crippen molar-refractivity contribution in [1.82, 2.24) is 14.5 Å². The third-order valence-corrected chi connectivity index (χ3v) is 8.64. The number of thiophene rings is 1. The Morgan fingerprint density at radius 3 is 2.69 bits per heavy atom. The smallest absolute Gasteiger partial charge is 0.264 e. The number of rotatable bonds is 7. The van der Waals surface area contributed by atoms with Gasteiger partial charge in [-0.15, -0.1) is 11.3 Å². The molecule has 0 bridgehead atoms. The quantitative estimate of drug-likeness (QED) is 0.449. The number of aryl methyl sites for hydroxylation is 2. The molecule has 2 aromatic heterocycles. The molecule has 0 spiro atoms. The lowest BCUT2D eigenvalue weighted by Crippen LogP contribution is -2.36. The number of carbonyl (C=O) groups is 2. The van der Waals surface area contributed by atoms with Crippen LogP contribution in [-0.2, 0) is 24.2 Å². The van der Waals surface area contributed by atoms with Gasteiger partial charge in [0.05, 0.1) is 23.7 Å². The van der Waals surface area contributed by atoms with Gasteiger partial charge in [-0.05, 0) is 69.5 Å². The van der Waals surface area contributed by atoms with Gasteiger partial charge < -0.3 is 9.64 Å². The molecule has 1 aromatic carbocycles. The van der Waals surface area contributed by atoms with Crippen LogP contribution in [0, 0.1) is 0 Å². The summed E-state index contributed by atoms with van der Waals surface area (Å²) >= 11 is 1.63. The van der Waals surface area contributed by atoms with Crippen molar-refractivity contribution < 1.29 is 14.3 Å². The number of benzene rings is 1. The van der Waals surface area contributed by atoms with Crippen LogP contribution in [0.3, 0.4) is 0 Å². The van der Waals surface area contributed by atoms with E-state index >= 15 is 0 Å². The van der Waals surface area contributed by atoms with Crippen LogP contribution in [0.25, 0.3) is 10.2 Å². The SMILES string of the molecule is CCN(CC)Cc1nc2sc3c(c2c(=O)n1C(C)C(=O)c1ccc2c(c1)N(C)C(=O)CO2)CCCC3. The topological polar surface area (TPSA) is 84.7 Å². The second kappa shape index (κ2) is 9.78. The Labute approximate surface area is 214 Å². The summed E-state index contributed by atoms with van der Waals surface area (Å²) in [7, 11) is 1.67. The number of ether oxygens (including phenoxy) is 1. The highest BCUT2D eigenvalue weighted by Gasteiger charge is 2.29. The van der Waals surface area contributed by atoms with Gasteiger partial charge in [-0.3, -0.25) is 23.9 Å². The molecule has 0 saturated heterocycles. The van der Waals surface area contributed by atoms with E-state index in [-0.39, 0.29) is 23.9 Å². The molecule has 5 rings (SSSR count). The van der Waals surface area contributed by atoms with Gasteiger partial charge in [-0.25, -0.2) is 4.98 Å². The highest BCUT2D eigenvalue weighted by Crippen LogP contribution is 2.35. The lowest BCUT2D eigenvalue weighted by molar-refractivity contribution is -0.120. The van der Waals surface area contributed by atoms with Gasteiger partial charge >= 0.3 is 0 Å². The Hall–Kier alpha value is -3.04. The Morgan fingerprint density at radius 1 is 1.19 bits per heavy atom. The second-order valence-electron chi connectivity index (χ2n) is 9.52. The van der Waals surface area contributed by atoms with Gasteiger partial charge in [0.1, 0.15) is 16.4 Å². The van der Waals surface area contributed by atoms with Crippen molar-refractivity contribution in [3.8, 4) is 5.75 Å². The third kappa shape index (κ3) is 4.14. The predicted octanol–water partition coefficient (Wildman–Crippen LogP) is 3.98. The van der Waals surface area contributed by atoms with Crippen molar-refractivity contribution in [3.63, 3.8) is 0 Å². The van der Waals surface area contributed by atoms with Crippen LogP contribution >= 0.6 is 11.3 Å². The van der Waals surface area contributed by atoms with Gasteiger partial charge in [0.2, 0.25) is 0 Å². The first-order chi connectivity index (χ1) is 17.3. The molecule has 3 heterocycles. The number of likely N-dealkylation sites (N-methyl/N-ethyl adjacent to an activating group) is 1. The molecule has 8 nitrogen and oxygen atoms in total. The minimum Gasteiger partial charge on any atom is -0.482 e. The van der Waals surface area contributed by atoms with Gasteiger partial charge in [0.15, 0.2) is 12.4 Å². The van der Waals surface area contributed by atoms with Crippen LogP contribution in [0.1, 0.15) is 66.3 Å². The Morgan fingerprint density at radius 2 is 1.94 bits per heavy atom. The van der Waals surface area contributed by atoms with E-state index in [1.807, 2.05) is 0 Å². The molecule has 1 amide bonds. The first kappa shape index (κ1) is 24.6. The average molecular weight is 509 g/mol. The Kier molecular flexibility index (Phi) is 6.70. The number of amides is 1. The van der Waals surface area contributed by atoms with Crippen LogP contribution in [0.15, 0.2) is 23.0 Å². The van der Waals surface area contributed by atoms with E-state index < -0.39 is 6.04 Å². The first-order valence-corrected chi connectivity index (χ1v) is 13.5. The molecule has 1 atom stereocenters. The number of nitrogens with zero attached hydrogens (tertiary/aromatic N) is 4. The Bertz CT molecular complexity index is 1400. The minimum atomic E-state index is -0.748. The summed E-state index contributed by atoms with van der Waals surface area (Å²) in [6.45, 7) is 8.04. The maximum Gasteiger partial charge on any atom is 0.264 e. The summed E-state index contributed by atoms with van der Waals surface area (Å²) in [4.78, 5) is 50.6. The fraction of sp³-hybridized carbons (Fsp3) is 0.481. The monoisotopic (exact) mass is 508 g/mol. The normalized spacial score (nSPS) is 16.1. The maximum absolute atomic E-state index is 14.0. The number of aromatic nitrogens is 2. The Balaban J connectivity index is 1.62. The van der Waals surface area contributed by atoms with Gasteiger partial charge in [0, 0.05) is 17.5 Å². The van der Waals surface area contributed by atoms with E-state index in [2.05, 4.69) is 18.7 Å². The van der Waals surface area contributed by atoms with E-state index in [0.29, 0.717) is 34.8 Å². The van der Waals surface area contributed by atoms with Crippen LogP contribution in [-0.4, -0.2) is 52.9 Å². The lowest BCUT2D eigenvalue weighted by atomic mass is 9.97. The van der Waals surface area contributed by atoms with Crippen LogP contribution < -0.4 is 15.2 Å². The fourth-order valence-electron chi connectivity index (χ4n) is 5.20. The third-order valence-electron chi connectivity index (χ3n) is 7.45. The van der Waals surface area contributed by atoms with E-state index in [1.165, 1.54) is 9.78 Å². The summed E-state index contributed by atoms with van der Waals surface area (Å²) in [6, 6.07) is 4.35. The van der Waals surface area contributed by atoms with Crippen molar-refractivity contribution in [2.24, 2.45) is 0 Å². The summed E-state index contributed by atoms with van der Waals surface area (Å²) < 4.78 is 7.12. The summed E-state index contributed by atoms with van der Waals surface area (Å²) in [5.74, 6) is 0.810. The van der Waals surface area contributed by atoms with Gasteiger partial charge in [-0.2, -0.15) is 0 Å². The maximum atomic E-state index is 14.0. The van der Waals surface area contributed by atoms with E-state index in [1.54, 1.807) is 48.1 Å². The summed E-state index contributed by atoms with van der Waals surface area (Å²) in [6.07, 6.45) is 4.07. The molecule has 1 aliphatic heterocycles. The number of ketones is 1. The van der Waals surface area contributed by atoms with Crippen LogP contribution in [0.4, 0.5) is 5.69 Å². The zero-order valence-electron chi connectivity index (χ0n) is 21.3. The second-order valence-corrected chi connectivity index (χ2v) is 10.6. The van der Waals surface area contributed by atoms with E-state index in [9.17, 15) is 14.4 Å². The van der Waals surface area contributed by atoms with Crippen LogP contribution in [0.2, 0.25) is 0 Å². The molecule has 3 aromatic rings. The zero-order valence-corrected chi connectivity index (χ0v) is 22.1. The fourth-order valence-corrected chi connectivity index (χ4v) is 6.47. The number of anilines is 1. The molecule has 0 radical (unpaired) electrons. The average Bonchev–Trinajstić information content (AvgIpc) is 3.27. The highest BCUT2D eigenvalue weighted by molar-refractivity contribution is 7.18. The number of carbonyl (C=O) groups excluding carboxylic acids is 2. The van der Waals surface area contributed by atoms with Gasteiger partial charge in [-0.1, -0.05) is 13.8 Å². The predicted molar refractivity (Wildman–Crippen MR) is 142 cm³/mol. The molecular weight excluding hydrogens is 476 g/mol. The molecule has 190 valence electrons. The largest absolute Gasteiger partial charge is 0.482 e. The lowest BCUT2D eigenvalue weighted by Gasteiger charge is -2.27. The molecule has 1 unspecified atom stereocenters. The molecule has 2 aliphatic rings.